The summed E-state index contributed by atoms with van der Waals surface area (Å²) < 4.78 is 5.50. The SMILES string of the molecule is O=C(O)C1(Nc2ccccc2)COCc2ccccc21. The molecule has 0 aromatic heterocycles. The molecule has 20 heavy (non-hydrogen) atoms. The summed E-state index contributed by atoms with van der Waals surface area (Å²) in [4.78, 5) is 11.9. The van der Waals surface area contributed by atoms with E-state index in [-0.39, 0.29) is 6.61 Å². The van der Waals surface area contributed by atoms with E-state index in [0.29, 0.717) is 6.61 Å². The number of rotatable bonds is 3. The molecule has 3 rings (SSSR count). The molecule has 0 radical (unpaired) electrons. The highest BCUT2D eigenvalue weighted by Crippen LogP contribution is 2.34. The van der Waals surface area contributed by atoms with Gasteiger partial charge in [0.2, 0.25) is 0 Å². The van der Waals surface area contributed by atoms with Crippen molar-refractivity contribution in [2.24, 2.45) is 0 Å². The average molecular weight is 269 g/mol. The van der Waals surface area contributed by atoms with Gasteiger partial charge >= 0.3 is 5.97 Å². The number of ether oxygens (including phenoxy) is 1. The first-order valence-electron chi connectivity index (χ1n) is 6.45. The summed E-state index contributed by atoms with van der Waals surface area (Å²) >= 11 is 0. The highest BCUT2D eigenvalue weighted by atomic mass is 16.5. The third kappa shape index (κ3) is 2.04. The van der Waals surface area contributed by atoms with Crippen LogP contribution in [-0.4, -0.2) is 17.7 Å². The normalized spacial score (nSPS) is 21.0. The first kappa shape index (κ1) is 12.7. The lowest BCUT2D eigenvalue weighted by Gasteiger charge is -2.36. The monoisotopic (exact) mass is 269 g/mol. The van der Waals surface area contributed by atoms with Crippen LogP contribution in [0.3, 0.4) is 0 Å². The largest absolute Gasteiger partial charge is 0.479 e. The van der Waals surface area contributed by atoms with Crippen molar-refractivity contribution in [3.05, 3.63) is 65.7 Å². The summed E-state index contributed by atoms with van der Waals surface area (Å²) in [5, 5.41) is 12.9. The van der Waals surface area contributed by atoms with Crippen LogP contribution < -0.4 is 5.32 Å². The Balaban J connectivity index is 2.08. The van der Waals surface area contributed by atoms with Gasteiger partial charge in [-0.3, -0.25) is 0 Å². The molecule has 1 heterocycles. The lowest BCUT2D eigenvalue weighted by molar-refractivity contribution is -0.146. The predicted molar refractivity (Wildman–Crippen MR) is 75.5 cm³/mol. The highest BCUT2D eigenvalue weighted by molar-refractivity contribution is 5.85. The minimum atomic E-state index is -1.24. The van der Waals surface area contributed by atoms with Crippen LogP contribution in [-0.2, 0) is 21.7 Å². The van der Waals surface area contributed by atoms with Crippen molar-refractivity contribution in [1.82, 2.24) is 0 Å². The number of benzene rings is 2. The van der Waals surface area contributed by atoms with Crippen molar-refractivity contribution in [3.8, 4) is 0 Å². The van der Waals surface area contributed by atoms with Crippen molar-refractivity contribution >= 4 is 11.7 Å². The molecule has 1 aliphatic heterocycles. The zero-order valence-corrected chi connectivity index (χ0v) is 10.9. The van der Waals surface area contributed by atoms with Crippen LogP contribution in [0.5, 0.6) is 0 Å². The molecule has 2 aromatic rings. The molecule has 4 heteroatoms. The van der Waals surface area contributed by atoms with E-state index in [1.54, 1.807) is 0 Å². The number of nitrogens with one attached hydrogen (secondary N) is 1. The molecule has 0 saturated carbocycles. The van der Waals surface area contributed by atoms with Gasteiger partial charge < -0.3 is 15.2 Å². The summed E-state index contributed by atoms with van der Waals surface area (Å²) in [7, 11) is 0. The van der Waals surface area contributed by atoms with Gasteiger partial charge in [-0.15, -0.1) is 0 Å². The number of para-hydroxylation sites is 1. The minimum absolute atomic E-state index is 0.105. The molecule has 1 aliphatic rings. The molecule has 2 N–H and O–H groups in total. The topological polar surface area (TPSA) is 58.6 Å². The Morgan fingerprint density at radius 2 is 1.80 bits per heavy atom. The van der Waals surface area contributed by atoms with E-state index < -0.39 is 11.5 Å². The Kier molecular flexibility index (Phi) is 3.16. The first-order valence-corrected chi connectivity index (χ1v) is 6.45. The van der Waals surface area contributed by atoms with Crippen LogP contribution in [0.1, 0.15) is 11.1 Å². The smallest absolute Gasteiger partial charge is 0.336 e. The number of carboxylic acids is 1. The van der Waals surface area contributed by atoms with Crippen LogP contribution in [0.25, 0.3) is 0 Å². The van der Waals surface area contributed by atoms with Crippen LogP contribution in [0.2, 0.25) is 0 Å². The van der Waals surface area contributed by atoms with E-state index in [1.807, 2.05) is 54.6 Å². The van der Waals surface area contributed by atoms with Crippen molar-refractivity contribution in [2.75, 3.05) is 11.9 Å². The summed E-state index contributed by atoms with van der Waals surface area (Å²) in [6, 6.07) is 16.8. The van der Waals surface area contributed by atoms with Gasteiger partial charge in [0.15, 0.2) is 5.54 Å². The van der Waals surface area contributed by atoms with E-state index in [2.05, 4.69) is 5.32 Å². The fourth-order valence-corrected chi connectivity index (χ4v) is 2.56. The second-order valence-corrected chi connectivity index (χ2v) is 4.85. The predicted octanol–water partition coefficient (Wildman–Crippen LogP) is 2.61. The standard InChI is InChI=1S/C16H15NO3/c18-15(19)16(17-13-7-2-1-3-8-13)11-20-10-12-6-4-5-9-14(12)16/h1-9,17H,10-11H2,(H,18,19). The van der Waals surface area contributed by atoms with E-state index in [9.17, 15) is 9.90 Å². The average Bonchev–Trinajstić information content (AvgIpc) is 2.48. The molecule has 0 amide bonds. The fourth-order valence-electron chi connectivity index (χ4n) is 2.56. The van der Waals surface area contributed by atoms with Crippen molar-refractivity contribution in [3.63, 3.8) is 0 Å². The number of hydrogen-bond donors (Lipinski definition) is 2. The lowest BCUT2D eigenvalue weighted by Crippen LogP contribution is -2.50. The Morgan fingerprint density at radius 1 is 1.10 bits per heavy atom. The molecule has 0 spiro atoms. The molecule has 2 aromatic carbocycles. The van der Waals surface area contributed by atoms with Crippen molar-refractivity contribution < 1.29 is 14.6 Å². The van der Waals surface area contributed by atoms with Crippen LogP contribution in [0.15, 0.2) is 54.6 Å². The zero-order chi connectivity index (χ0) is 14.0. The molecule has 0 saturated heterocycles. The number of carboxylic acid groups (broad SMARTS) is 1. The van der Waals surface area contributed by atoms with Gasteiger partial charge in [-0.25, -0.2) is 4.79 Å². The minimum Gasteiger partial charge on any atom is -0.479 e. The van der Waals surface area contributed by atoms with Crippen molar-refractivity contribution in [2.45, 2.75) is 12.1 Å². The van der Waals surface area contributed by atoms with Gasteiger partial charge in [0.1, 0.15) is 0 Å². The van der Waals surface area contributed by atoms with Crippen LogP contribution in [0, 0.1) is 0 Å². The molecule has 0 bridgehead atoms. The van der Waals surface area contributed by atoms with E-state index in [1.165, 1.54) is 0 Å². The number of fused-ring (bicyclic) bond motifs is 1. The third-order valence-corrected chi connectivity index (χ3v) is 3.55. The molecule has 4 nitrogen and oxygen atoms in total. The third-order valence-electron chi connectivity index (χ3n) is 3.55. The number of anilines is 1. The van der Waals surface area contributed by atoms with Gasteiger partial charge in [-0.1, -0.05) is 42.5 Å². The van der Waals surface area contributed by atoms with Gasteiger partial charge in [-0.05, 0) is 23.3 Å². The van der Waals surface area contributed by atoms with Gasteiger partial charge in [-0.2, -0.15) is 0 Å². The maximum absolute atomic E-state index is 11.9. The molecular weight excluding hydrogens is 254 g/mol. The molecule has 1 atom stereocenters. The van der Waals surface area contributed by atoms with E-state index in [4.69, 9.17) is 4.74 Å². The number of carbonyl (C=O) groups is 1. The molecule has 1 unspecified atom stereocenters. The quantitative estimate of drug-likeness (QED) is 0.899. The Bertz CT molecular complexity index is 627. The zero-order valence-electron chi connectivity index (χ0n) is 10.9. The second kappa shape index (κ2) is 4.98. The van der Waals surface area contributed by atoms with Gasteiger partial charge in [0.05, 0.1) is 13.2 Å². The highest BCUT2D eigenvalue weighted by Gasteiger charge is 2.44. The molecule has 0 aliphatic carbocycles. The van der Waals surface area contributed by atoms with Gasteiger partial charge in [0.25, 0.3) is 0 Å². The maximum atomic E-state index is 11.9. The molecular formula is C16H15NO3. The van der Waals surface area contributed by atoms with Gasteiger partial charge in [0, 0.05) is 5.69 Å². The Labute approximate surface area is 117 Å². The fraction of sp³-hybridized carbons (Fsp3) is 0.188. The first-order chi connectivity index (χ1) is 9.72. The number of hydrogen-bond acceptors (Lipinski definition) is 3. The Hall–Kier alpha value is -2.33. The van der Waals surface area contributed by atoms with Crippen LogP contribution in [0.4, 0.5) is 5.69 Å². The van der Waals surface area contributed by atoms with Crippen LogP contribution >= 0.6 is 0 Å². The van der Waals surface area contributed by atoms with E-state index in [0.717, 1.165) is 16.8 Å². The number of aliphatic carboxylic acids is 1. The maximum Gasteiger partial charge on any atom is 0.336 e. The Morgan fingerprint density at radius 3 is 2.55 bits per heavy atom. The summed E-state index contributed by atoms with van der Waals surface area (Å²) in [6.45, 7) is 0.552. The van der Waals surface area contributed by atoms with E-state index >= 15 is 0 Å². The molecule has 0 fully saturated rings. The molecule has 102 valence electrons. The van der Waals surface area contributed by atoms with Crippen molar-refractivity contribution in [1.29, 1.82) is 0 Å². The second-order valence-electron chi connectivity index (χ2n) is 4.85. The summed E-state index contributed by atoms with van der Waals surface area (Å²) in [5.74, 6) is -0.937. The summed E-state index contributed by atoms with van der Waals surface area (Å²) in [6.07, 6.45) is 0. The lowest BCUT2D eigenvalue weighted by atomic mass is 9.85. The summed E-state index contributed by atoms with van der Waals surface area (Å²) in [5.41, 5.74) is 1.19.